The van der Waals surface area contributed by atoms with Crippen molar-refractivity contribution in [1.29, 1.82) is 0 Å². The third kappa shape index (κ3) is 3.16. The summed E-state index contributed by atoms with van der Waals surface area (Å²) in [5, 5.41) is 6.21. The molecule has 0 fully saturated rings. The normalized spacial score (nSPS) is 11.8. The van der Waals surface area contributed by atoms with E-state index >= 15 is 0 Å². The van der Waals surface area contributed by atoms with Gasteiger partial charge in [-0.2, -0.15) is 18.3 Å². The summed E-state index contributed by atoms with van der Waals surface area (Å²) in [6, 6.07) is 5.85. The molecule has 0 atom stereocenters. The van der Waals surface area contributed by atoms with Crippen LogP contribution < -0.4 is 0 Å². The fraction of sp³-hybridized carbons (Fsp3) is 0.357. The molecule has 5 heteroatoms. The lowest BCUT2D eigenvalue weighted by Gasteiger charge is -2.10. The molecule has 1 N–H and O–H groups in total. The fourth-order valence-corrected chi connectivity index (χ4v) is 2.06. The van der Waals surface area contributed by atoms with Crippen LogP contribution in [0.15, 0.2) is 24.4 Å². The Labute approximate surface area is 109 Å². The van der Waals surface area contributed by atoms with Crippen molar-refractivity contribution in [3.8, 4) is 11.1 Å². The molecule has 1 aromatic heterocycles. The monoisotopic (exact) mass is 268 g/mol. The van der Waals surface area contributed by atoms with Gasteiger partial charge in [-0.1, -0.05) is 25.1 Å². The zero-order valence-corrected chi connectivity index (χ0v) is 10.8. The molecule has 0 saturated carbocycles. The summed E-state index contributed by atoms with van der Waals surface area (Å²) in [5.74, 6) is 0. The number of halogens is 3. The molecule has 0 aliphatic heterocycles. The zero-order valence-electron chi connectivity index (χ0n) is 10.8. The van der Waals surface area contributed by atoms with Crippen LogP contribution in [0.4, 0.5) is 13.2 Å². The van der Waals surface area contributed by atoms with E-state index in [-0.39, 0.29) is 5.69 Å². The number of H-pyrrole nitrogens is 1. The third-order valence-corrected chi connectivity index (χ3v) is 3.10. The Morgan fingerprint density at radius 2 is 1.95 bits per heavy atom. The van der Waals surface area contributed by atoms with Gasteiger partial charge in [-0.25, -0.2) is 0 Å². The van der Waals surface area contributed by atoms with E-state index in [1.54, 1.807) is 0 Å². The van der Waals surface area contributed by atoms with Crippen LogP contribution in [0.5, 0.6) is 0 Å². The first-order valence-electron chi connectivity index (χ1n) is 6.09. The lowest BCUT2D eigenvalue weighted by molar-refractivity contribution is -0.127. The lowest BCUT2D eigenvalue weighted by Crippen LogP contribution is -2.12. The Morgan fingerprint density at radius 3 is 2.58 bits per heavy atom. The van der Waals surface area contributed by atoms with Gasteiger partial charge in [-0.3, -0.25) is 5.10 Å². The van der Waals surface area contributed by atoms with Gasteiger partial charge in [0.15, 0.2) is 0 Å². The molecule has 0 spiro atoms. The average molecular weight is 268 g/mol. The minimum Gasteiger partial charge on any atom is -0.282 e. The Morgan fingerprint density at radius 1 is 1.21 bits per heavy atom. The van der Waals surface area contributed by atoms with Crippen molar-refractivity contribution in [1.82, 2.24) is 10.2 Å². The smallest absolute Gasteiger partial charge is 0.282 e. The van der Waals surface area contributed by atoms with Crippen molar-refractivity contribution >= 4 is 0 Å². The van der Waals surface area contributed by atoms with Crippen LogP contribution in [0.1, 0.15) is 23.7 Å². The second-order valence-corrected chi connectivity index (χ2v) is 4.56. The molecule has 0 aliphatic carbocycles. The van der Waals surface area contributed by atoms with Crippen molar-refractivity contribution in [3.63, 3.8) is 0 Å². The minimum absolute atomic E-state index is 0.115. The number of nitrogens with zero attached hydrogens (tertiary/aromatic N) is 1. The molecule has 1 aromatic carbocycles. The van der Waals surface area contributed by atoms with E-state index in [0.29, 0.717) is 5.56 Å². The van der Waals surface area contributed by atoms with Crippen LogP contribution in [-0.2, 0) is 12.8 Å². The molecular formula is C14H15F3N2. The molecule has 19 heavy (non-hydrogen) atoms. The molecule has 0 radical (unpaired) electrons. The molecule has 1 heterocycles. The Balaban J connectivity index is 2.45. The summed E-state index contributed by atoms with van der Waals surface area (Å²) in [7, 11) is 0. The van der Waals surface area contributed by atoms with Crippen LogP contribution in [0.2, 0.25) is 0 Å². The highest BCUT2D eigenvalue weighted by atomic mass is 19.4. The van der Waals surface area contributed by atoms with Gasteiger partial charge in [0.05, 0.1) is 18.3 Å². The van der Waals surface area contributed by atoms with E-state index in [1.807, 2.05) is 32.0 Å². The van der Waals surface area contributed by atoms with Gasteiger partial charge in [0.2, 0.25) is 0 Å². The van der Waals surface area contributed by atoms with Crippen LogP contribution in [0.3, 0.4) is 0 Å². The second kappa shape index (κ2) is 5.07. The first-order valence-corrected chi connectivity index (χ1v) is 6.09. The number of benzene rings is 1. The van der Waals surface area contributed by atoms with Crippen molar-refractivity contribution < 1.29 is 13.2 Å². The third-order valence-electron chi connectivity index (χ3n) is 3.10. The average Bonchev–Trinajstić information content (AvgIpc) is 2.75. The van der Waals surface area contributed by atoms with E-state index in [1.165, 1.54) is 6.20 Å². The summed E-state index contributed by atoms with van der Waals surface area (Å²) in [6.07, 6.45) is -2.92. The van der Waals surface area contributed by atoms with Crippen LogP contribution in [0.25, 0.3) is 11.1 Å². The standard InChI is InChI=1S/C14H15F3N2/c1-3-10-5-4-9(2)11(6-10)12-8-18-19-13(12)7-14(15,16)17/h4-6,8H,3,7H2,1-2H3,(H,18,19). The minimum atomic E-state index is -4.24. The molecule has 0 aliphatic rings. The van der Waals surface area contributed by atoms with Gasteiger partial charge in [-0.15, -0.1) is 0 Å². The topological polar surface area (TPSA) is 28.7 Å². The maximum atomic E-state index is 12.5. The number of aryl methyl sites for hydroxylation is 2. The molecule has 0 amide bonds. The van der Waals surface area contributed by atoms with E-state index in [9.17, 15) is 13.2 Å². The first kappa shape index (κ1) is 13.6. The van der Waals surface area contributed by atoms with Crippen LogP contribution >= 0.6 is 0 Å². The fourth-order valence-electron chi connectivity index (χ4n) is 2.06. The Bertz CT molecular complexity index is 570. The van der Waals surface area contributed by atoms with Crippen molar-refractivity contribution in [2.45, 2.75) is 32.9 Å². The number of aromatic amines is 1. The predicted octanol–water partition coefficient (Wildman–Crippen LogP) is 4.05. The Hall–Kier alpha value is -1.78. The summed E-state index contributed by atoms with van der Waals surface area (Å²) in [4.78, 5) is 0. The number of nitrogens with one attached hydrogen (secondary N) is 1. The highest BCUT2D eigenvalue weighted by Gasteiger charge is 2.30. The molecule has 0 unspecified atom stereocenters. The van der Waals surface area contributed by atoms with Gasteiger partial charge in [-0.05, 0) is 30.0 Å². The van der Waals surface area contributed by atoms with E-state index < -0.39 is 12.6 Å². The van der Waals surface area contributed by atoms with E-state index in [2.05, 4.69) is 10.2 Å². The Kier molecular flexibility index (Phi) is 3.64. The van der Waals surface area contributed by atoms with Gasteiger partial charge >= 0.3 is 6.18 Å². The number of alkyl halides is 3. The largest absolute Gasteiger partial charge is 0.394 e. The van der Waals surface area contributed by atoms with Gasteiger partial charge in [0.1, 0.15) is 0 Å². The SMILES string of the molecule is CCc1ccc(C)c(-c2cn[nH]c2CC(F)(F)F)c1. The van der Waals surface area contributed by atoms with Gasteiger partial charge in [0, 0.05) is 5.56 Å². The van der Waals surface area contributed by atoms with Crippen molar-refractivity contribution in [2.24, 2.45) is 0 Å². The van der Waals surface area contributed by atoms with Gasteiger partial charge < -0.3 is 0 Å². The van der Waals surface area contributed by atoms with Gasteiger partial charge in [0.25, 0.3) is 0 Å². The van der Waals surface area contributed by atoms with Crippen molar-refractivity contribution in [2.75, 3.05) is 0 Å². The summed E-state index contributed by atoms with van der Waals surface area (Å²) >= 11 is 0. The zero-order chi connectivity index (χ0) is 14.0. The summed E-state index contributed by atoms with van der Waals surface area (Å²) < 4.78 is 37.5. The quantitative estimate of drug-likeness (QED) is 0.893. The van der Waals surface area contributed by atoms with Crippen LogP contribution in [-0.4, -0.2) is 16.4 Å². The second-order valence-electron chi connectivity index (χ2n) is 4.56. The lowest BCUT2D eigenvalue weighted by atomic mass is 9.97. The molecule has 0 bridgehead atoms. The first-order chi connectivity index (χ1) is 8.90. The predicted molar refractivity (Wildman–Crippen MR) is 67.9 cm³/mol. The maximum absolute atomic E-state index is 12.5. The summed E-state index contributed by atoms with van der Waals surface area (Å²) in [6.45, 7) is 3.90. The number of rotatable bonds is 3. The van der Waals surface area contributed by atoms with E-state index in [0.717, 1.165) is 23.1 Å². The van der Waals surface area contributed by atoms with Crippen molar-refractivity contribution in [3.05, 3.63) is 41.2 Å². The number of aromatic nitrogens is 2. The number of hydrogen-bond acceptors (Lipinski definition) is 1. The highest BCUT2D eigenvalue weighted by Crippen LogP contribution is 2.30. The highest BCUT2D eigenvalue weighted by molar-refractivity contribution is 5.69. The maximum Gasteiger partial charge on any atom is 0.394 e. The van der Waals surface area contributed by atoms with Crippen LogP contribution in [0, 0.1) is 6.92 Å². The molecule has 102 valence electrons. The molecule has 0 saturated heterocycles. The molecule has 2 rings (SSSR count). The summed E-state index contributed by atoms with van der Waals surface area (Å²) in [5.41, 5.74) is 3.50. The molecule has 2 nitrogen and oxygen atoms in total. The number of hydrogen-bond donors (Lipinski definition) is 1. The van der Waals surface area contributed by atoms with E-state index in [4.69, 9.17) is 0 Å². The molecular weight excluding hydrogens is 253 g/mol. The molecule has 2 aromatic rings.